The van der Waals surface area contributed by atoms with E-state index in [4.69, 9.17) is 0 Å². The fraction of sp³-hybridized carbons (Fsp3) is 0.364. The lowest BCUT2D eigenvalue weighted by Gasteiger charge is -2.03. The Morgan fingerprint density at radius 2 is 2.15 bits per heavy atom. The molecular weight excluding hydrogens is 167 g/mol. The first-order valence-corrected chi connectivity index (χ1v) is 4.45. The molecule has 0 N–H and O–H groups in total. The second-order valence-corrected chi connectivity index (χ2v) is 3.09. The van der Waals surface area contributed by atoms with Crippen LogP contribution in [0.5, 0.6) is 0 Å². The first-order chi connectivity index (χ1) is 6.16. The molecule has 0 saturated carbocycles. The average Bonchev–Trinajstić information content (AvgIpc) is 2.10. The van der Waals surface area contributed by atoms with Crippen molar-refractivity contribution in [1.82, 2.24) is 0 Å². The van der Waals surface area contributed by atoms with Gasteiger partial charge in [0.25, 0.3) is 0 Å². The van der Waals surface area contributed by atoms with E-state index in [1.807, 2.05) is 6.92 Å². The maximum Gasteiger partial charge on any atom is 0.163 e. The maximum absolute atomic E-state index is 13.0. The van der Waals surface area contributed by atoms with Crippen LogP contribution in [0.25, 0.3) is 0 Å². The number of benzene rings is 1. The van der Waals surface area contributed by atoms with Crippen LogP contribution in [0.15, 0.2) is 18.2 Å². The van der Waals surface area contributed by atoms with Crippen molar-refractivity contribution in [3.8, 4) is 0 Å². The molecule has 0 unspecified atom stereocenters. The summed E-state index contributed by atoms with van der Waals surface area (Å²) in [6.07, 6.45) is 1.29. The second-order valence-electron chi connectivity index (χ2n) is 3.09. The van der Waals surface area contributed by atoms with Crippen molar-refractivity contribution in [3.05, 3.63) is 35.1 Å². The molecule has 2 heteroatoms. The molecule has 0 bridgehead atoms. The SMILES string of the molecule is CCCC(=O)c1cccc(F)c1C. The van der Waals surface area contributed by atoms with Crippen molar-refractivity contribution in [2.45, 2.75) is 26.7 Å². The lowest BCUT2D eigenvalue weighted by atomic mass is 10.0. The van der Waals surface area contributed by atoms with Gasteiger partial charge in [-0.3, -0.25) is 4.79 Å². The molecule has 1 nitrogen and oxygen atoms in total. The van der Waals surface area contributed by atoms with Crippen molar-refractivity contribution in [2.24, 2.45) is 0 Å². The number of carbonyl (C=O) groups is 1. The minimum atomic E-state index is -0.304. The van der Waals surface area contributed by atoms with Gasteiger partial charge in [-0.05, 0) is 25.0 Å². The molecule has 0 radical (unpaired) electrons. The number of halogens is 1. The lowest BCUT2D eigenvalue weighted by Crippen LogP contribution is -2.02. The Morgan fingerprint density at radius 1 is 1.46 bits per heavy atom. The minimum Gasteiger partial charge on any atom is -0.294 e. The summed E-state index contributed by atoms with van der Waals surface area (Å²) in [4.78, 5) is 11.5. The molecule has 0 aliphatic rings. The standard InChI is InChI=1S/C11H13FO/c1-3-5-11(13)9-6-4-7-10(12)8(9)2/h4,6-7H,3,5H2,1-2H3. The van der Waals surface area contributed by atoms with Crippen molar-refractivity contribution >= 4 is 5.78 Å². The van der Waals surface area contributed by atoms with Gasteiger partial charge in [0.2, 0.25) is 0 Å². The van der Waals surface area contributed by atoms with Crippen LogP contribution in [0.2, 0.25) is 0 Å². The zero-order valence-electron chi connectivity index (χ0n) is 7.93. The molecule has 0 heterocycles. The van der Waals surface area contributed by atoms with E-state index in [9.17, 15) is 9.18 Å². The minimum absolute atomic E-state index is 0.0273. The normalized spacial score (nSPS) is 10.1. The Balaban J connectivity index is 3.01. The van der Waals surface area contributed by atoms with E-state index in [0.717, 1.165) is 6.42 Å². The van der Waals surface area contributed by atoms with Gasteiger partial charge in [0.15, 0.2) is 5.78 Å². The van der Waals surface area contributed by atoms with E-state index in [0.29, 0.717) is 17.5 Å². The van der Waals surface area contributed by atoms with Crippen LogP contribution in [0.3, 0.4) is 0 Å². The van der Waals surface area contributed by atoms with Crippen LogP contribution in [0, 0.1) is 12.7 Å². The summed E-state index contributed by atoms with van der Waals surface area (Å²) in [5.41, 5.74) is 0.975. The highest BCUT2D eigenvalue weighted by atomic mass is 19.1. The van der Waals surface area contributed by atoms with Gasteiger partial charge < -0.3 is 0 Å². The molecule has 1 rings (SSSR count). The lowest BCUT2D eigenvalue weighted by molar-refractivity contribution is 0.0980. The molecule has 1 aromatic carbocycles. The molecule has 0 atom stereocenters. The first kappa shape index (κ1) is 9.90. The van der Waals surface area contributed by atoms with Crippen LogP contribution < -0.4 is 0 Å². The number of rotatable bonds is 3. The topological polar surface area (TPSA) is 17.1 Å². The Labute approximate surface area is 77.6 Å². The Kier molecular flexibility index (Phi) is 3.18. The highest BCUT2D eigenvalue weighted by Crippen LogP contribution is 2.14. The van der Waals surface area contributed by atoms with Crippen LogP contribution in [0.1, 0.15) is 35.7 Å². The summed E-state index contributed by atoms with van der Waals surface area (Å²) >= 11 is 0. The third kappa shape index (κ3) is 2.14. The number of hydrogen-bond donors (Lipinski definition) is 0. The summed E-state index contributed by atoms with van der Waals surface area (Å²) in [5, 5.41) is 0. The Morgan fingerprint density at radius 3 is 2.77 bits per heavy atom. The third-order valence-electron chi connectivity index (χ3n) is 2.05. The number of Topliss-reactive ketones (excluding diaryl/α,β-unsaturated/α-hetero) is 1. The van der Waals surface area contributed by atoms with Gasteiger partial charge in [-0.15, -0.1) is 0 Å². The predicted octanol–water partition coefficient (Wildman–Crippen LogP) is 3.12. The molecule has 1 aromatic rings. The zero-order chi connectivity index (χ0) is 9.84. The molecule has 13 heavy (non-hydrogen) atoms. The molecule has 0 aliphatic heterocycles. The van der Waals surface area contributed by atoms with Crippen molar-refractivity contribution in [3.63, 3.8) is 0 Å². The number of carbonyl (C=O) groups excluding carboxylic acids is 1. The van der Waals surface area contributed by atoms with E-state index in [-0.39, 0.29) is 11.6 Å². The van der Waals surface area contributed by atoms with E-state index in [1.54, 1.807) is 19.1 Å². The van der Waals surface area contributed by atoms with Gasteiger partial charge in [0.1, 0.15) is 5.82 Å². The average molecular weight is 180 g/mol. The largest absolute Gasteiger partial charge is 0.294 e. The van der Waals surface area contributed by atoms with Gasteiger partial charge in [0, 0.05) is 12.0 Å². The maximum atomic E-state index is 13.0. The third-order valence-corrected chi connectivity index (χ3v) is 2.05. The summed E-state index contributed by atoms with van der Waals surface area (Å²) in [5.74, 6) is -0.276. The zero-order valence-corrected chi connectivity index (χ0v) is 7.93. The summed E-state index contributed by atoms with van der Waals surface area (Å²) in [7, 11) is 0. The molecule has 0 spiro atoms. The van der Waals surface area contributed by atoms with Crippen molar-refractivity contribution in [2.75, 3.05) is 0 Å². The van der Waals surface area contributed by atoms with Gasteiger partial charge in [-0.1, -0.05) is 19.1 Å². The van der Waals surface area contributed by atoms with E-state index in [2.05, 4.69) is 0 Å². The van der Waals surface area contributed by atoms with Crippen LogP contribution in [-0.4, -0.2) is 5.78 Å². The van der Waals surface area contributed by atoms with Gasteiger partial charge in [0.05, 0.1) is 0 Å². The quantitative estimate of drug-likeness (QED) is 0.653. The van der Waals surface area contributed by atoms with Crippen molar-refractivity contribution in [1.29, 1.82) is 0 Å². The molecule has 70 valence electrons. The molecule has 0 aliphatic carbocycles. The monoisotopic (exact) mass is 180 g/mol. The number of hydrogen-bond acceptors (Lipinski definition) is 1. The van der Waals surface area contributed by atoms with Crippen LogP contribution >= 0.6 is 0 Å². The molecule has 0 fully saturated rings. The highest BCUT2D eigenvalue weighted by Gasteiger charge is 2.09. The fourth-order valence-corrected chi connectivity index (χ4v) is 1.27. The predicted molar refractivity (Wildman–Crippen MR) is 50.4 cm³/mol. The summed E-state index contributed by atoms with van der Waals surface area (Å²) < 4.78 is 13.0. The number of ketones is 1. The smallest absolute Gasteiger partial charge is 0.163 e. The molecule has 0 aromatic heterocycles. The fourth-order valence-electron chi connectivity index (χ4n) is 1.27. The first-order valence-electron chi connectivity index (χ1n) is 4.45. The van der Waals surface area contributed by atoms with Gasteiger partial charge >= 0.3 is 0 Å². The van der Waals surface area contributed by atoms with E-state index >= 15 is 0 Å². The van der Waals surface area contributed by atoms with Crippen LogP contribution in [-0.2, 0) is 0 Å². The molecule has 0 amide bonds. The van der Waals surface area contributed by atoms with Crippen molar-refractivity contribution < 1.29 is 9.18 Å². The molecular formula is C11H13FO. The highest BCUT2D eigenvalue weighted by molar-refractivity contribution is 5.97. The van der Waals surface area contributed by atoms with E-state index < -0.39 is 0 Å². The van der Waals surface area contributed by atoms with Gasteiger partial charge in [-0.2, -0.15) is 0 Å². The Hall–Kier alpha value is -1.18. The van der Waals surface area contributed by atoms with E-state index in [1.165, 1.54) is 6.07 Å². The molecule has 0 saturated heterocycles. The van der Waals surface area contributed by atoms with Crippen LogP contribution in [0.4, 0.5) is 4.39 Å². The summed E-state index contributed by atoms with van der Waals surface area (Å²) in [6.45, 7) is 3.57. The Bertz CT molecular complexity index is 318. The second kappa shape index (κ2) is 4.17. The summed E-state index contributed by atoms with van der Waals surface area (Å²) in [6, 6.07) is 4.62. The van der Waals surface area contributed by atoms with Gasteiger partial charge in [-0.25, -0.2) is 4.39 Å².